The minimum absolute atomic E-state index is 0.330. The Morgan fingerprint density at radius 2 is 2.19 bits per heavy atom. The van der Waals surface area contributed by atoms with E-state index in [0.717, 1.165) is 18.0 Å². The van der Waals surface area contributed by atoms with Crippen LogP contribution in [-0.4, -0.2) is 29.8 Å². The molecule has 0 saturated heterocycles. The van der Waals surface area contributed by atoms with Crippen LogP contribution in [0, 0.1) is 5.92 Å². The van der Waals surface area contributed by atoms with Crippen LogP contribution < -0.4 is 10.1 Å². The molecular weight excluding hydrogens is 204 g/mol. The predicted octanol–water partition coefficient (Wildman–Crippen LogP) is 1.91. The number of hydrogen-bond acceptors (Lipinski definition) is 4. The molecule has 90 valence electrons. The van der Waals surface area contributed by atoms with Crippen LogP contribution in [0.25, 0.3) is 0 Å². The van der Waals surface area contributed by atoms with Gasteiger partial charge >= 0.3 is 0 Å². The van der Waals surface area contributed by atoms with Crippen molar-refractivity contribution in [3.63, 3.8) is 0 Å². The number of aliphatic hydroxyl groups excluding tert-OH is 1. The van der Waals surface area contributed by atoms with E-state index in [1.165, 1.54) is 0 Å². The minimum atomic E-state index is -0.330. The van der Waals surface area contributed by atoms with E-state index in [0.29, 0.717) is 12.5 Å². The summed E-state index contributed by atoms with van der Waals surface area (Å²) in [6.07, 6.45) is 2.12. The van der Waals surface area contributed by atoms with Gasteiger partial charge in [-0.1, -0.05) is 13.8 Å². The molecule has 1 rings (SSSR count). The molecule has 1 unspecified atom stereocenters. The Morgan fingerprint density at radius 3 is 2.69 bits per heavy atom. The fourth-order valence-electron chi connectivity index (χ4n) is 1.46. The van der Waals surface area contributed by atoms with Crippen LogP contribution in [0.15, 0.2) is 18.3 Å². The van der Waals surface area contributed by atoms with Crippen LogP contribution in [-0.2, 0) is 0 Å². The molecule has 0 amide bonds. The monoisotopic (exact) mass is 224 g/mol. The van der Waals surface area contributed by atoms with Gasteiger partial charge in [0.25, 0.3) is 0 Å². The van der Waals surface area contributed by atoms with E-state index < -0.39 is 0 Å². The first kappa shape index (κ1) is 12.8. The summed E-state index contributed by atoms with van der Waals surface area (Å²) in [7, 11) is 1.61. The molecular formula is C12H20N2O2. The standard InChI is InChI=1S/C12H20N2O2/c1-9(2)6-10(15)7-13-12-5-4-11(16-3)8-14-12/h4-5,8-10,15H,6-7H2,1-3H3,(H,13,14). The van der Waals surface area contributed by atoms with Gasteiger partial charge in [-0.15, -0.1) is 0 Å². The molecule has 0 aromatic carbocycles. The molecule has 0 aliphatic heterocycles. The van der Waals surface area contributed by atoms with E-state index in [1.807, 2.05) is 12.1 Å². The van der Waals surface area contributed by atoms with E-state index in [4.69, 9.17) is 4.74 Å². The first-order valence-electron chi connectivity index (χ1n) is 5.53. The summed E-state index contributed by atoms with van der Waals surface area (Å²) in [5, 5.41) is 12.8. The number of methoxy groups -OCH3 is 1. The third-order valence-electron chi connectivity index (χ3n) is 2.23. The Kier molecular flexibility index (Phi) is 5.05. The average molecular weight is 224 g/mol. The normalized spacial score (nSPS) is 12.6. The van der Waals surface area contributed by atoms with Gasteiger partial charge in [0.1, 0.15) is 11.6 Å². The molecule has 4 heteroatoms. The van der Waals surface area contributed by atoms with Crippen LogP contribution >= 0.6 is 0 Å². The van der Waals surface area contributed by atoms with E-state index in [9.17, 15) is 5.11 Å². The van der Waals surface area contributed by atoms with Gasteiger partial charge in [-0.3, -0.25) is 0 Å². The molecule has 1 heterocycles. The molecule has 0 fully saturated rings. The van der Waals surface area contributed by atoms with Crippen LogP contribution in [0.3, 0.4) is 0 Å². The van der Waals surface area contributed by atoms with Crippen molar-refractivity contribution in [2.75, 3.05) is 19.0 Å². The van der Waals surface area contributed by atoms with Gasteiger partial charge in [0.2, 0.25) is 0 Å². The van der Waals surface area contributed by atoms with Gasteiger partial charge in [0, 0.05) is 6.54 Å². The average Bonchev–Trinajstić information content (AvgIpc) is 2.26. The van der Waals surface area contributed by atoms with Crippen molar-refractivity contribution < 1.29 is 9.84 Å². The topological polar surface area (TPSA) is 54.4 Å². The number of ether oxygens (including phenoxy) is 1. The Balaban J connectivity index is 2.36. The number of pyridine rings is 1. The van der Waals surface area contributed by atoms with Crippen molar-refractivity contribution in [3.8, 4) is 5.75 Å². The second kappa shape index (κ2) is 6.33. The summed E-state index contributed by atoms with van der Waals surface area (Å²) in [5.41, 5.74) is 0. The molecule has 1 atom stereocenters. The zero-order chi connectivity index (χ0) is 12.0. The van der Waals surface area contributed by atoms with Crippen LogP contribution in [0.1, 0.15) is 20.3 Å². The number of aliphatic hydroxyl groups is 1. The number of nitrogens with one attached hydrogen (secondary N) is 1. The summed E-state index contributed by atoms with van der Waals surface area (Å²) in [4.78, 5) is 4.15. The molecule has 0 aliphatic rings. The van der Waals surface area contributed by atoms with E-state index in [-0.39, 0.29) is 6.10 Å². The van der Waals surface area contributed by atoms with Crippen molar-refractivity contribution in [2.24, 2.45) is 5.92 Å². The van der Waals surface area contributed by atoms with Crippen molar-refractivity contribution in [3.05, 3.63) is 18.3 Å². The largest absolute Gasteiger partial charge is 0.495 e. The predicted molar refractivity (Wildman–Crippen MR) is 64.7 cm³/mol. The summed E-state index contributed by atoms with van der Waals surface area (Å²) < 4.78 is 5.01. The summed E-state index contributed by atoms with van der Waals surface area (Å²) in [6, 6.07) is 3.67. The van der Waals surface area contributed by atoms with Crippen molar-refractivity contribution >= 4 is 5.82 Å². The van der Waals surface area contributed by atoms with Crippen LogP contribution in [0.5, 0.6) is 5.75 Å². The molecule has 0 saturated carbocycles. The number of hydrogen-bond donors (Lipinski definition) is 2. The first-order valence-corrected chi connectivity index (χ1v) is 5.53. The molecule has 2 N–H and O–H groups in total. The Morgan fingerprint density at radius 1 is 1.44 bits per heavy atom. The second-order valence-corrected chi connectivity index (χ2v) is 4.25. The molecule has 4 nitrogen and oxygen atoms in total. The van der Waals surface area contributed by atoms with E-state index >= 15 is 0 Å². The minimum Gasteiger partial charge on any atom is -0.495 e. The number of aromatic nitrogens is 1. The third-order valence-corrected chi connectivity index (χ3v) is 2.23. The number of nitrogens with zero attached hydrogens (tertiary/aromatic N) is 1. The lowest BCUT2D eigenvalue weighted by atomic mass is 10.1. The molecule has 0 bridgehead atoms. The maximum Gasteiger partial charge on any atom is 0.137 e. The Bertz CT molecular complexity index is 298. The van der Waals surface area contributed by atoms with Crippen molar-refractivity contribution in [1.29, 1.82) is 0 Å². The van der Waals surface area contributed by atoms with Gasteiger partial charge in [0.05, 0.1) is 19.4 Å². The fourth-order valence-corrected chi connectivity index (χ4v) is 1.46. The Labute approximate surface area is 96.7 Å². The summed E-state index contributed by atoms with van der Waals surface area (Å²) in [6.45, 7) is 4.71. The Hall–Kier alpha value is -1.29. The molecule has 0 aliphatic carbocycles. The summed E-state index contributed by atoms with van der Waals surface area (Å²) in [5.74, 6) is 1.98. The zero-order valence-corrected chi connectivity index (χ0v) is 10.1. The second-order valence-electron chi connectivity index (χ2n) is 4.25. The first-order chi connectivity index (χ1) is 7.61. The maximum atomic E-state index is 9.67. The SMILES string of the molecule is COc1ccc(NCC(O)CC(C)C)nc1. The van der Waals surface area contributed by atoms with Crippen LogP contribution in [0.4, 0.5) is 5.82 Å². The highest BCUT2D eigenvalue weighted by Gasteiger charge is 2.06. The molecule has 0 radical (unpaired) electrons. The zero-order valence-electron chi connectivity index (χ0n) is 10.1. The van der Waals surface area contributed by atoms with E-state index in [2.05, 4.69) is 24.1 Å². The lowest BCUT2D eigenvalue weighted by Gasteiger charge is -2.14. The van der Waals surface area contributed by atoms with E-state index in [1.54, 1.807) is 13.3 Å². The van der Waals surface area contributed by atoms with Crippen molar-refractivity contribution in [2.45, 2.75) is 26.4 Å². The highest BCUT2D eigenvalue weighted by atomic mass is 16.5. The highest BCUT2D eigenvalue weighted by molar-refractivity contribution is 5.37. The molecule has 0 spiro atoms. The maximum absolute atomic E-state index is 9.67. The third kappa shape index (κ3) is 4.49. The number of anilines is 1. The van der Waals surface area contributed by atoms with Gasteiger partial charge in [-0.2, -0.15) is 0 Å². The quantitative estimate of drug-likeness (QED) is 0.775. The van der Waals surface area contributed by atoms with Gasteiger partial charge < -0.3 is 15.2 Å². The van der Waals surface area contributed by atoms with Crippen molar-refractivity contribution in [1.82, 2.24) is 4.98 Å². The molecule has 1 aromatic heterocycles. The molecule has 1 aromatic rings. The van der Waals surface area contributed by atoms with Crippen LogP contribution in [0.2, 0.25) is 0 Å². The summed E-state index contributed by atoms with van der Waals surface area (Å²) >= 11 is 0. The molecule has 16 heavy (non-hydrogen) atoms. The smallest absolute Gasteiger partial charge is 0.137 e. The van der Waals surface area contributed by atoms with Gasteiger partial charge in [-0.05, 0) is 24.5 Å². The highest BCUT2D eigenvalue weighted by Crippen LogP contribution is 2.11. The fraction of sp³-hybridized carbons (Fsp3) is 0.583. The van der Waals surface area contributed by atoms with Gasteiger partial charge in [0.15, 0.2) is 0 Å². The number of rotatable bonds is 6. The lowest BCUT2D eigenvalue weighted by Crippen LogP contribution is -2.21. The lowest BCUT2D eigenvalue weighted by molar-refractivity contribution is 0.161. The van der Waals surface area contributed by atoms with Gasteiger partial charge in [-0.25, -0.2) is 4.98 Å².